The molecule has 0 unspecified atom stereocenters. The predicted molar refractivity (Wildman–Crippen MR) is 109 cm³/mol. The van der Waals surface area contributed by atoms with Crippen LogP contribution in [0.4, 0.5) is 9.52 Å². The van der Waals surface area contributed by atoms with Gasteiger partial charge in [-0.05, 0) is 37.8 Å². The summed E-state index contributed by atoms with van der Waals surface area (Å²) in [6.45, 7) is 0. The summed E-state index contributed by atoms with van der Waals surface area (Å²) in [5.74, 6) is -0.666. The van der Waals surface area contributed by atoms with Crippen molar-refractivity contribution in [3.05, 3.63) is 41.2 Å². The normalized spacial score (nSPS) is 22.1. The maximum Gasteiger partial charge on any atom is 0.280 e. The molecule has 30 heavy (non-hydrogen) atoms. The molecule has 160 valence electrons. The summed E-state index contributed by atoms with van der Waals surface area (Å²) in [6, 6.07) is 5.86. The molecule has 1 amide bonds. The SMILES string of the molecule is O=C(Nc1ncc(F)s1)/C(=N/O[C@@H]1CC[C@H](O)C1)c1ccc(S(=O)(=O)C2CC2)cc1. The first-order valence-corrected chi connectivity index (χ1v) is 11.9. The summed E-state index contributed by atoms with van der Waals surface area (Å²) >= 11 is 0.670. The fourth-order valence-electron chi connectivity index (χ4n) is 3.21. The largest absolute Gasteiger partial charge is 0.393 e. The topological polar surface area (TPSA) is 118 Å². The molecule has 0 saturated heterocycles. The molecule has 2 aliphatic rings. The smallest absolute Gasteiger partial charge is 0.280 e. The molecule has 2 aromatic rings. The van der Waals surface area contributed by atoms with Gasteiger partial charge in [-0.3, -0.25) is 10.1 Å². The minimum atomic E-state index is -3.36. The number of nitrogens with zero attached hydrogens (tertiary/aromatic N) is 2. The van der Waals surface area contributed by atoms with E-state index in [1.54, 1.807) is 0 Å². The van der Waals surface area contributed by atoms with E-state index in [0.717, 1.165) is 6.20 Å². The lowest BCUT2D eigenvalue weighted by molar-refractivity contribution is -0.110. The van der Waals surface area contributed by atoms with Crippen LogP contribution in [0.5, 0.6) is 0 Å². The van der Waals surface area contributed by atoms with Gasteiger partial charge in [-0.2, -0.15) is 4.39 Å². The fourth-order valence-corrected chi connectivity index (χ4v) is 5.40. The molecule has 0 spiro atoms. The number of amides is 1. The Morgan fingerprint density at radius 2 is 1.97 bits per heavy atom. The highest BCUT2D eigenvalue weighted by atomic mass is 32.2. The number of carbonyl (C=O) groups excluding carboxylic acids is 1. The summed E-state index contributed by atoms with van der Waals surface area (Å²) in [7, 11) is -3.36. The van der Waals surface area contributed by atoms with Crippen molar-refractivity contribution in [3.8, 4) is 0 Å². The minimum Gasteiger partial charge on any atom is -0.393 e. The summed E-state index contributed by atoms with van der Waals surface area (Å²) in [6.07, 6.45) is 3.13. The Hall–Kier alpha value is -2.37. The number of aliphatic hydroxyl groups is 1. The Morgan fingerprint density at radius 1 is 1.23 bits per heavy atom. The highest BCUT2D eigenvalue weighted by Crippen LogP contribution is 2.33. The maximum absolute atomic E-state index is 13.2. The van der Waals surface area contributed by atoms with Crippen LogP contribution in [0.3, 0.4) is 0 Å². The first-order chi connectivity index (χ1) is 14.3. The van der Waals surface area contributed by atoms with Gasteiger partial charge in [0.2, 0.25) is 0 Å². The lowest BCUT2D eigenvalue weighted by Crippen LogP contribution is -2.25. The summed E-state index contributed by atoms with van der Waals surface area (Å²) in [5.41, 5.74) is 0.250. The number of carbonyl (C=O) groups is 1. The van der Waals surface area contributed by atoms with Crippen molar-refractivity contribution in [2.75, 3.05) is 5.32 Å². The molecule has 8 nitrogen and oxygen atoms in total. The summed E-state index contributed by atoms with van der Waals surface area (Å²) in [4.78, 5) is 22.1. The lowest BCUT2D eigenvalue weighted by Gasteiger charge is -2.11. The zero-order valence-corrected chi connectivity index (χ0v) is 17.5. The van der Waals surface area contributed by atoms with Crippen LogP contribution in [0.2, 0.25) is 0 Å². The number of halogens is 1. The fraction of sp³-hybridized carbons (Fsp3) is 0.421. The van der Waals surface area contributed by atoms with Gasteiger partial charge in [0.25, 0.3) is 5.91 Å². The number of nitrogens with one attached hydrogen (secondary N) is 1. The van der Waals surface area contributed by atoms with Crippen LogP contribution in [0, 0.1) is 5.13 Å². The summed E-state index contributed by atoms with van der Waals surface area (Å²) < 4.78 is 38.0. The first kappa shape index (κ1) is 20.9. The number of hydrogen-bond donors (Lipinski definition) is 2. The van der Waals surface area contributed by atoms with Gasteiger partial charge in [0, 0.05) is 12.0 Å². The van der Waals surface area contributed by atoms with Crippen LogP contribution >= 0.6 is 11.3 Å². The van der Waals surface area contributed by atoms with Crippen molar-refractivity contribution in [3.63, 3.8) is 0 Å². The van der Waals surface area contributed by atoms with Crippen LogP contribution in [0.1, 0.15) is 37.7 Å². The first-order valence-electron chi connectivity index (χ1n) is 9.52. The molecule has 2 aliphatic carbocycles. The number of oxime groups is 1. The van der Waals surface area contributed by atoms with E-state index in [1.807, 2.05) is 0 Å². The third kappa shape index (κ3) is 4.68. The minimum absolute atomic E-state index is 0.0643. The Bertz CT molecular complexity index is 1060. The molecule has 0 radical (unpaired) electrons. The number of aliphatic hydroxyl groups excluding tert-OH is 1. The predicted octanol–water partition coefficient (Wildman–Crippen LogP) is 2.49. The average molecular weight is 454 g/mol. The lowest BCUT2D eigenvalue weighted by atomic mass is 10.1. The second kappa shape index (κ2) is 8.40. The number of hydrogen-bond acceptors (Lipinski definition) is 8. The van der Waals surface area contributed by atoms with Crippen molar-refractivity contribution >= 4 is 37.9 Å². The Morgan fingerprint density at radius 3 is 2.53 bits per heavy atom. The maximum atomic E-state index is 13.2. The van der Waals surface area contributed by atoms with E-state index < -0.39 is 27.0 Å². The molecule has 2 atom stereocenters. The second-order valence-electron chi connectivity index (χ2n) is 7.33. The second-order valence-corrected chi connectivity index (χ2v) is 10.5. The number of aromatic nitrogens is 1. The zero-order valence-electron chi connectivity index (χ0n) is 15.8. The van der Waals surface area contributed by atoms with E-state index in [0.29, 0.717) is 49.0 Å². The van der Waals surface area contributed by atoms with Gasteiger partial charge in [0.05, 0.1) is 22.4 Å². The van der Waals surface area contributed by atoms with Crippen LogP contribution in [0.15, 0.2) is 40.5 Å². The summed E-state index contributed by atoms with van der Waals surface area (Å²) in [5, 5.41) is 15.3. The molecule has 0 aliphatic heterocycles. The van der Waals surface area contributed by atoms with Crippen LogP contribution in [-0.2, 0) is 19.5 Å². The average Bonchev–Trinajstić information content (AvgIpc) is 3.39. The molecule has 2 saturated carbocycles. The van der Waals surface area contributed by atoms with Crippen LogP contribution < -0.4 is 5.32 Å². The molecule has 2 fully saturated rings. The molecule has 1 aromatic carbocycles. The standard InChI is InChI=1S/C19H20FN3O5S2/c20-16-10-21-19(29-16)22-18(25)17(23-28-13-4-3-12(24)9-13)11-1-5-14(6-2-11)30(26,27)15-7-8-15/h1-2,5-6,10,12-13,15,24H,3-4,7-9H2,(H,21,22,25)/b23-17+/t12-,13+/m0/s1. The van der Waals surface area contributed by atoms with E-state index in [9.17, 15) is 22.7 Å². The van der Waals surface area contributed by atoms with Gasteiger partial charge < -0.3 is 9.94 Å². The molecule has 11 heteroatoms. The number of rotatable bonds is 7. The number of thiazole rings is 1. The van der Waals surface area contributed by atoms with Gasteiger partial charge in [0.1, 0.15) is 6.10 Å². The Balaban J connectivity index is 1.58. The molecule has 4 rings (SSSR count). The molecule has 1 aromatic heterocycles. The van der Waals surface area contributed by atoms with E-state index in [2.05, 4.69) is 15.5 Å². The monoisotopic (exact) mass is 453 g/mol. The van der Waals surface area contributed by atoms with E-state index >= 15 is 0 Å². The third-order valence-corrected chi connectivity index (χ3v) is 7.96. The molecule has 2 N–H and O–H groups in total. The van der Waals surface area contributed by atoms with Gasteiger partial charge in [-0.25, -0.2) is 13.4 Å². The van der Waals surface area contributed by atoms with Crippen molar-refractivity contribution in [1.82, 2.24) is 4.98 Å². The third-order valence-electron chi connectivity index (χ3n) is 4.98. The Kier molecular flexibility index (Phi) is 5.85. The molecular formula is C19H20FN3O5S2. The van der Waals surface area contributed by atoms with Gasteiger partial charge in [-0.15, -0.1) is 0 Å². The zero-order chi connectivity index (χ0) is 21.3. The number of anilines is 1. The van der Waals surface area contributed by atoms with Gasteiger partial charge >= 0.3 is 0 Å². The highest BCUT2D eigenvalue weighted by molar-refractivity contribution is 7.92. The molecular weight excluding hydrogens is 433 g/mol. The Labute approximate surface area is 176 Å². The van der Waals surface area contributed by atoms with E-state index in [-0.39, 0.29) is 27.1 Å². The van der Waals surface area contributed by atoms with E-state index in [1.165, 1.54) is 24.3 Å². The van der Waals surface area contributed by atoms with E-state index in [4.69, 9.17) is 4.84 Å². The van der Waals surface area contributed by atoms with Gasteiger partial charge in [-0.1, -0.05) is 28.6 Å². The van der Waals surface area contributed by atoms with Crippen LogP contribution in [0.25, 0.3) is 0 Å². The van der Waals surface area contributed by atoms with Crippen molar-refractivity contribution in [2.45, 2.75) is 54.5 Å². The van der Waals surface area contributed by atoms with Crippen molar-refractivity contribution in [2.24, 2.45) is 5.16 Å². The van der Waals surface area contributed by atoms with Gasteiger partial charge in [0.15, 0.2) is 25.8 Å². The van der Waals surface area contributed by atoms with Crippen molar-refractivity contribution in [1.29, 1.82) is 0 Å². The number of benzene rings is 1. The highest BCUT2D eigenvalue weighted by Gasteiger charge is 2.36. The van der Waals surface area contributed by atoms with Crippen molar-refractivity contribution < 1.29 is 27.5 Å². The number of sulfone groups is 1. The molecule has 0 bridgehead atoms. The molecule has 1 heterocycles. The quantitative estimate of drug-likeness (QED) is 0.491. The van der Waals surface area contributed by atoms with Crippen LogP contribution in [-0.4, -0.2) is 47.6 Å².